The van der Waals surface area contributed by atoms with Crippen LogP contribution in [0.1, 0.15) is 114 Å². The maximum absolute atomic E-state index is 13.0. The highest BCUT2D eigenvalue weighted by atomic mass is 16.6. The minimum Gasteiger partial charge on any atom is -0.457 e. The SMILES string of the molecule is CC(=O)O[C@H]([C@@H](O)C[C@@H](C)[C@]12CC[C@@]3(C)[C@@]1(C[C@H](O)[C@H]1[C@@]4(C)CCC(=O)C(C)(C)[C@@H]4CC[C@@]13C)O2)C(C)(C)O. The molecule has 3 N–H and O–H groups in total. The van der Waals surface area contributed by atoms with Crippen molar-refractivity contribution in [1.82, 2.24) is 0 Å². The number of hydrogen-bond acceptors (Lipinski definition) is 7. The van der Waals surface area contributed by atoms with Gasteiger partial charge in [0.05, 0.1) is 17.8 Å². The van der Waals surface area contributed by atoms with Gasteiger partial charge in [0.1, 0.15) is 17.0 Å². The molecule has 0 amide bonds. The molecule has 0 bridgehead atoms. The fourth-order valence-corrected chi connectivity index (χ4v) is 11.4. The smallest absolute Gasteiger partial charge is 0.303 e. The van der Waals surface area contributed by atoms with E-state index in [-0.39, 0.29) is 39.4 Å². The summed E-state index contributed by atoms with van der Waals surface area (Å²) in [4.78, 5) is 24.7. The Morgan fingerprint density at radius 3 is 2.36 bits per heavy atom. The molecule has 7 nitrogen and oxygen atoms in total. The normalized spacial score (nSPS) is 48.6. The van der Waals surface area contributed by atoms with Gasteiger partial charge in [-0.1, -0.05) is 41.5 Å². The summed E-state index contributed by atoms with van der Waals surface area (Å²) in [6, 6.07) is 0. The van der Waals surface area contributed by atoms with Gasteiger partial charge in [-0.25, -0.2) is 0 Å². The van der Waals surface area contributed by atoms with Crippen molar-refractivity contribution in [2.45, 2.75) is 149 Å². The molecule has 0 aromatic heterocycles. The molecule has 0 radical (unpaired) electrons. The summed E-state index contributed by atoms with van der Waals surface area (Å²) >= 11 is 0. The van der Waals surface area contributed by atoms with Crippen LogP contribution in [0.3, 0.4) is 0 Å². The molecule has 4 aliphatic carbocycles. The number of hydrogen-bond donors (Lipinski definition) is 3. The molecule has 1 aliphatic heterocycles. The number of aliphatic hydroxyl groups excluding tert-OH is 2. The van der Waals surface area contributed by atoms with E-state index < -0.39 is 41.1 Å². The molecule has 0 aromatic rings. The van der Waals surface area contributed by atoms with Crippen LogP contribution in [-0.2, 0) is 19.1 Å². The van der Waals surface area contributed by atoms with E-state index in [1.165, 1.54) is 6.92 Å². The largest absolute Gasteiger partial charge is 0.457 e. The number of aliphatic hydroxyl groups is 3. The second kappa shape index (κ2) is 8.52. The third-order valence-electron chi connectivity index (χ3n) is 13.4. The lowest BCUT2D eigenvalue weighted by Gasteiger charge is -2.69. The lowest BCUT2D eigenvalue weighted by molar-refractivity contribution is -0.242. The summed E-state index contributed by atoms with van der Waals surface area (Å²) in [6.45, 7) is 17.8. The van der Waals surface area contributed by atoms with Crippen LogP contribution in [-0.4, -0.2) is 62.2 Å². The Hall–Kier alpha value is -1.02. The van der Waals surface area contributed by atoms with Gasteiger partial charge in [-0.15, -0.1) is 0 Å². The number of ether oxygens (including phenoxy) is 2. The first kappa shape index (κ1) is 29.5. The first-order valence-electron chi connectivity index (χ1n) is 15.2. The lowest BCUT2D eigenvalue weighted by atomic mass is 9.35. The molecule has 39 heavy (non-hydrogen) atoms. The van der Waals surface area contributed by atoms with Gasteiger partial charge in [-0.3, -0.25) is 9.59 Å². The van der Waals surface area contributed by atoms with Crippen LogP contribution in [0.15, 0.2) is 0 Å². The molecular weight excluding hydrogens is 496 g/mol. The predicted molar refractivity (Wildman–Crippen MR) is 147 cm³/mol. The lowest BCUT2D eigenvalue weighted by Crippen LogP contribution is -2.69. The molecule has 5 fully saturated rings. The van der Waals surface area contributed by atoms with Crippen molar-refractivity contribution < 1.29 is 34.4 Å². The van der Waals surface area contributed by atoms with E-state index in [2.05, 4.69) is 41.5 Å². The molecule has 222 valence electrons. The molecule has 0 aromatic carbocycles. The van der Waals surface area contributed by atoms with E-state index >= 15 is 0 Å². The Morgan fingerprint density at radius 1 is 1.13 bits per heavy atom. The summed E-state index contributed by atoms with van der Waals surface area (Å²) in [5, 5.41) is 33.8. The minimum atomic E-state index is -1.39. The summed E-state index contributed by atoms with van der Waals surface area (Å²) in [7, 11) is 0. The molecular formula is C32H52O7. The Bertz CT molecular complexity index is 1050. The maximum Gasteiger partial charge on any atom is 0.303 e. The molecule has 5 aliphatic rings. The number of esters is 1. The van der Waals surface area contributed by atoms with Gasteiger partial charge in [-0.2, -0.15) is 0 Å². The summed E-state index contributed by atoms with van der Waals surface area (Å²) in [5.41, 5.74) is -3.09. The van der Waals surface area contributed by atoms with Crippen molar-refractivity contribution in [1.29, 1.82) is 0 Å². The summed E-state index contributed by atoms with van der Waals surface area (Å²) in [6.07, 6.45) is 3.51. The first-order chi connectivity index (χ1) is 17.7. The highest BCUT2D eigenvalue weighted by molar-refractivity contribution is 5.85. The van der Waals surface area contributed by atoms with Crippen molar-refractivity contribution in [3.8, 4) is 0 Å². The zero-order valence-electron chi connectivity index (χ0n) is 25.6. The van der Waals surface area contributed by atoms with Gasteiger partial charge in [0.25, 0.3) is 0 Å². The number of epoxide rings is 1. The highest BCUT2D eigenvalue weighted by Crippen LogP contribution is 2.84. The second-order valence-corrected chi connectivity index (χ2v) is 15.9. The first-order valence-corrected chi connectivity index (χ1v) is 15.2. The standard InChI is InChI=1S/C32H52O7/c1-18(16-20(34)25(27(5,6)37)38-19(2)33)31-15-14-30(9)29(8)13-10-22-26(3,4)23(36)11-12-28(22,7)24(29)21(35)17-32(30,31)39-31/h18,20-22,24-25,34-35,37H,10-17H2,1-9H3/t18-,20+,21+,22+,24+,25-,28+,29+,30-,31-,32-/m1/s1. The Labute approximate surface area is 234 Å². The average molecular weight is 549 g/mol. The van der Waals surface area contributed by atoms with Crippen LogP contribution >= 0.6 is 0 Å². The van der Waals surface area contributed by atoms with E-state index in [4.69, 9.17) is 9.47 Å². The molecule has 4 saturated carbocycles. The molecule has 1 heterocycles. The van der Waals surface area contributed by atoms with Gasteiger partial charge >= 0.3 is 5.97 Å². The van der Waals surface area contributed by atoms with Crippen LogP contribution < -0.4 is 0 Å². The fourth-order valence-electron chi connectivity index (χ4n) is 11.4. The summed E-state index contributed by atoms with van der Waals surface area (Å²) in [5.74, 6) is 0.122. The van der Waals surface area contributed by atoms with Crippen molar-refractivity contribution in [3.05, 3.63) is 0 Å². The van der Waals surface area contributed by atoms with Crippen molar-refractivity contribution >= 4 is 11.8 Å². The van der Waals surface area contributed by atoms with E-state index in [1.54, 1.807) is 13.8 Å². The van der Waals surface area contributed by atoms with Gasteiger partial charge < -0.3 is 24.8 Å². The minimum absolute atomic E-state index is 0.0553. The van der Waals surface area contributed by atoms with Crippen molar-refractivity contribution in [3.63, 3.8) is 0 Å². The van der Waals surface area contributed by atoms with Gasteiger partial charge in [0.15, 0.2) is 6.10 Å². The third-order valence-corrected chi connectivity index (χ3v) is 13.4. The highest BCUT2D eigenvalue weighted by Gasteiger charge is 2.88. The van der Waals surface area contributed by atoms with Crippen LogP contribution in [0, 0.1) is 39.4 Å². The van der Waals surface area contributed by atoms with E-state index in [9.17, 15) is 24.9 Å². The third kappa shape index (κ3) is 3.61. The van der Waals surface area contributed by atoms with Crippen LogP contribution in [0.2, 0.25) is 0 Å². The Kier molecular flexibility index (Phi) is 6.43. The molecule has 1 saturated heterocycles. The molecule has 0 unspecified atom stereocenters. The number of Topliss-reactive ketones (excluding diaryl/α,β-unsaturated/α-hetero) is 1. The second-order valence-electron chi connectivity index (χ2n) is 15.9. The van der Waals surface area contributed by atoms with E-state index in [1.807, 2.05) is 0 Å². The maximum atomic E-state index is 13.0. The number of carbonyl (C=O) groups is 2. The van der Waals surface area contributed by atoms with Crippen molar-refractivity contribution in [2.75, 3.05) is 0 Å². The predicted octanol–water partition coefficient (Wildman–Crippen LogP) is 4.58. The zero-order valence-corrected chi connectivity index (χ0v) is 25.6. The molecule has 5 rings (SSSR count). The average Bonchev–Trinajstić information content (AvgIpc) is 3.38. The van der Waals surface area contributed by atoms with Gasteiger partial charge in [0.2, 0.25) is 0 Å². The van der Waals surface area contributed by atoms with Crippen LogP contribution in [0.25, 0.3) is 0 Å². The number of ketones is 1. The topological polar surface area (TPSA) is 117 Å². The van der Waals surface area contributed by atoms with Crippen LogP contribution in [0.4, 0.5) is 0 Å². The Balaban J connectivity index is 1.44. The molecule has 11 atom stereocenters. The fraction of sp³-hybridized carbons (Fsp3) is 0.938. The van der Waals surface area contributed by atoms with E-state index in [0.717, 1.165) is 32.1 Å². The van der Waals surface area contributed by atoms with Crippen molar-refractivity contribution in [2.24, 2.45) is 39.4 Å². The molecule has 1 spiro atoms. The number of rotatable bonds is 6. The quantitative estimate of drug-likeness (QED) is 0.329. The zero-order chi connectivity index (χ0) is 29.2. The number of fused-ring (bicyclic) bond motifs is 4. The number of carbonyl (C=O) groups excluding carboxylic acids is 2. The van der Waals surface area contributed by atoms with E-state index in [0.29, 0.717) is 25.0 Å². The van der Waals surface area contributed by atoms with Gasteiger partial charge in [0, 0.05) is 30.6 Å². The monoisotopic (exact) mass is 548 g/mol. The summed E-state index contributed by atoms with van der Waals surface area (Å²) < 4.78 is 12.2. The molecule has 7 heteroatoms. The van der Waals surface area contributed by atoms with Gasteiger partial charge in [-0.05, 0) is 81.0 Å². The van der Waals surface area contributed by atoms with Crippen LogP contribution in [0.5, 0.6) is 0 Å². The Morgan fingerprint density at radius 2 is 1.77 bits per heavy atom.